The van der Waals surface area contributed by atoms with Gasteiger partial charge < -0.3 is 10.1 Å². The molecular weight excluding hydrogens is 334 g/mol. The third kappa shape index (κ3) is 6.20. The fourth-order valence-electron chi connectivity index (χ4n) is 3.09. The summed E-state index contributed by atoms with van der Waals surface area (Å²) < 4.78 is 5.71. The van der Waals surface area contributed by atoms with Gasteiger partial charge in [-0.15, -0.1) is 0 Å². The molecule has 1 aromatic rings. The maximum atomic E-state index is 11.9. The second-order valence-electron chi connectivity index (χ2n) is 6.47. The number of nitrogens with one attached hydrogen (secondary N) is 3. The number of hydrogen-bond acceptors (Lipinski definition) is 3. The smallest absolute Gasteiger partial charge is 0.276 e. The summed E-state index contributed by atoms with van der Waals surface area (Å²) in [4.78, 5) is 11.9. The van der Waals surface area contributed by atoms with Gasteiger partial charge in [0.2, 0.25) is 0 Å². The summed E-state index contributed by atoms with van der Waals surface area (Å²) >= 11 is 5.13. The molecule has 2 rings (SSSR count). The minimum atomic E-state index is -0.248. The number of ether oxygens (including phenoxy) is 1. The molecule has 5 nitrogen and oxygen atoms in total. The van der Waals surface area contributed by atoms with Gasteiger partial charge in [-0.2, -0.15) is 0 Å². The van der Waals surface area contributed by atoms with Crippen molar-refractivity contribution in [1.82, 2.24) is 16.2 Å². The fourth-order valence-corrected chi connectivity index (χ4v) is 3.24. The lowest BCUT2D eigenvalue weighted by molar-refractivity contribution is -0.123. The first kappa shape index (κ1) is 19.5. The van der Waals surface area contributed by atoms with Crippen LogP contribution in [0.3, 0.4) is 0 Å². The van der Waals surface area contributed by atoms with Crippen molar-refractivity contribution in [2.75, 3.05) is 13.2 Å². The minimum absolute atomic E-state index is 0.0262. The van der Waals surface area contributed by atoms with Gasteiger partial charge in [0.25, 0.3) is 5.91 Å². The molecular formula is C19H29N3O2S. The van der Waals surface area contributed by atoms with Crippen LogP contribution in [0, 0.1) is 6.92 Å². The molecule has 0 saturated heterocycles. The van der Waals surface area contributed by atoms with Gasteiger partial charge in [0, 0.05) is 6.54 Å². The van der Waals surface area contributed by atoms with E-state index in [2.05, 4.69) is 36.1 Å². The zero-order chi connectivity index (χ0) is 18.1. The number of rotatable bonds is 8. The summed E-state index contributed by atoms with van der Waals surface area (Å²) in [6.07, 6.45) is 7.99. The van der Waals surface area contributed by atoms with Gasteiger partial charge in [-0.25, -0.2) is 0 Å². The third-order valence-electron chi connectivity index (χ3n) is 4.47. The highest BCUT2D eigenvalue weighted by molar-refractivity contribution is 7.80. The summed E-state index contributed by atoms with van der Waals surface area (Å²) in [5, 5.41) is 3.51. The van der Waals surface area contributed by atoms with E-state index in [1.807, 2.05) is 6.07 Å². The molecule has 138 valence electrons. The van der Waals surface area contributed by atoms with Gasteiger partial charge in [0.05, 0.1) is 0 Å². The van der Waals surface area contributed by atoms with Crippen molar-refractivity contribution in [2.45, 2.75) is 58.8 Å². The van der Waals surface area contributed by atoms with E-state index in [0.29, 0.717) is 5.11 Å². The van der Waals surface area contributed by atoms with Gasteiger partial charge in [-0.1, -0.05) is 32.3 Å². The van der Waals surface area contributed by atoms with E-state index in [9.17, 15) is 4.79 Å². The quantitative estimate of drug-likeness (QED) is 0.377. The number of aryl methyl sites for hydroxylation is 1. The van der Waals surface area contributed by atoms with Crippen molar-refractivity contribution in [2.24, 2.45) is 0 Å². The second kappa shape index (κ2) is 10.2. The van der Waals surface area contributed by atoms with E-state index in [1.54, 1.807) is 0 Å². The van der Waals surface area contributed by atoms with Gasteiger partial charge in [-0.3, -0.25) is 15.6 Å². The van der Waals surface area contributed by atoms with Crippen LogP contribution in [0.4, 0.5) is 0 Å². The molecule has 1 aliphatic carbocycles. The number of hydrazine groups is 1. The van der Waals surface area contributed by atoms with E-state index in [-0.39, 0.29) is 12.5 Å². The van der Waals surface area contributed by atoms with Crippen molar-refractivity contribution >= 4 is 23.2 Å². The van der Waals surface area contributed by atoms with E-state index in [1.165, 1.54) is 36.0 Å². The SMILES string of the molecule is CCCCCCNC(=S)NNC(=O)COc1ccc(C)c2c1CCC2. The van der Waals surface area contributed by atoms with Crippen LogP contribution in [0.5, 0.6) is 5.75 Å². The van der Waals surface area contributed by atoms with Crippen LogP contribution >= 0.6 is 12.2 Å². The zero-order valence-corrected chi connectivity index (χ0v) is 16.1. The van der Waals surface area contributed by atoms with Crippen LogP contribution in [0.15, 0.2) is 12.1 Å². The number of benzene rings is 1. The van der Waals surface area contributed by atoms with Crippen molar-refractivity contribution < 1.29 is 9.53 Å². The van der Waals surface area contributed by atoms with E-state index in [0.717, 1.165) is 38.0 Å². The first-order valence-corrected chi connectivity index (χ1v) is 9.59. The summed E-state index contributed by atoms with van der Waals surface area (Å²) in [6.45, 7) is 5.10. The lowest BCUT2D eigenvalue weighted by atomic mass is 10.0. The highest BCUT2D eigenvalue weighted by atomic mass is 32.1. The normalized spacial score (nSPS) is 12.4. The molecule has 25 heavy (non-hydrogen) atoms. The number of hydrogen-bond donors (Lipinski definition) is 3. The highest BCUT2D eigenvalue weighted by Gasteiger charge is 2.18. The Bertz CT molecular complexity index is 605. The molecule has 3 N–H and O–H groups in total. The van der Waals surface area contributed by atoms with Crippen molar-refractivity contribution in [3.8, 4) is 5.75 Å². The zero-order valence-electron chi connectivity index (χ0n) is 15.2. The molecule has 0 spiro atoms. The largest absolute Gasteiger partial charge is 0.483 e. The van der Waals surface area contributed by atoms with Crippen LogP contribution in [-0.4, -0.2) is 24.2 Å². The molecule has 0 radical (unpaired) electrons. The molecule has 0 saturated carbocycles. The van der Waals surface area contributed by atoms with Crippen LogP contribution in [0.25, 0.3) is 0 Å². The second-order valence-corrected chi connectivity index (χ2v) is 6.88. The first-order chi connectivity index (χ1) is 12.1. The Hall–Kier alpha value is -1.82. The van der Waals surface area contributed by atoms with Crippen LogP contribution < -0.4 is 20.9 Å². The number of amides is 1. The maximum absolute atomic E-state index is 11.9. The van der Waals surface area contributed by atoms with Gasteiger partial charge in [0.15, 0.2) is 11.7 Å². The Morgan fingerprint density at radius 1 is 1.16 bits per heavy atom. The average Bonchev–Trinajstić information content (AvgIpc) is 3.10. The van der Waals surface area contributed by atoms with E-state index >= 15 is 0 Å². The van der Waals surface area contributed by atoms with Gasteiger partial charge >= 0.3 is 0 Å². The number of carbonyl (C=O) groups excluding carboxylic acids is 1. The van der Waals surface area contributed by atoms with Crippen LogP contribution in [-0.2, 0) is 17.6 Å². The van der Waals surface area contributed by atoms with Crippen molar-refractivity contribution in [3.63, 3.8) is 0 Å². The lowest BCUT2D eigenvalue weighted by Gasteiger charge is -2.14. The molecule has 6 heteroatoms. The van der Waals surface area contributed by atoms with E-state index < -0.39 is 0 Å². The number of unbranched alkanes of at least 4 members (excludes halogenated alkanes) is 3. The maximum Gasteiger partial charge on any atom is 0.276 e. The molecule has 1 amide bonds. The number of thiocarbonyl (C=S) groups is 1. The number of carbonyl (C=O) groups is 1. The summed E-state index contributed by atoms with van der Waals surface area (Å²) in [6, 6.07) is 4.02. The highest BCUT2D eigenvalue weighted by Crippen LogP contribution is 2.32. The Morgan fingerprint density at radius 2 is 1.96 bits per heavy atom. The van der Waals surface area contributed by atoms with Crippen LogP contribution in [0.1, 0.15) is 55.7 Å². The fraction of sp³-hybridized carbons (Fsp3) is 0.579. The molecule has 0 unspecified atom stereocenters. The molecule has 0 aliphatic heterocycles. The molecule has 1 aliphatic rings. The Kier molecular flexibility index (Phi) is 7.98. The molecule has 0 heterocycles. The predicted octanol–water partition coefficient (Wildman–Crippen LogP) is 2.94. The monoisotopic (exact) mass is 363 g/mol. The van der Waals surface area contributed by atoms with Crippen molar-refractivity contribution in [3.05, 3.63) is 28.8 Å². The van der Waals surface area contributed by atoms with Crippen LogP contribution in [0.2, 0.25) is 0 Å². The summed E-state index contributed by atoms with van der Waals surface area (Å²) in [5.41, 5.74) is 9.22. The Morgan fingerprint density at radius 3 is 2.76 bits per heavy atom. The molecule has 0 bridgehead atoms. The topological polar surface area (TPSA) is 62.4 Å². The number of fused-ring (bicyclic) bond motifs is 1. The average molecular weight is 364 g/mol. The molecule has 0 aromatic heterocycles. The summed E-state index contributed by atoms with van der Waals surface area (Å²) in [7, 11) is 0. The lowest BCUT2D eigenvalue weighted by Crippen LogP contribution is -2.48. The molecule has 0 fully saturated rings. The molecule has 1 aromatic carbocycles. The van der Waals surface area contributed by atoms with Gasteiger partial charge in [-0.05, 0) is 67.6 Å². The standard InChI is InChI=1S/C19H29N3O2S/c1-3-4-5-6-12-20-19(25)22-21-18(23)13-24-17-11-10-14(2)15-8-7-9-16(15)17/h10-11H,3-9,12-13H2,1-2H3,(H,21,23)(H2,20,22,25). The summed E-state index contributed by atoms with van der Waals surface area (Å²) in [5.74, 6) is 0.576. The Labute approximate surface area is 155 Å². The third-order valence-corrected chi connectivity index (χ3v) is 4.71. The predicted molar refractivity (Wildman–Crippen MR) is 105 cm³/mol. The van der Waals surface area contributed by atoms with E-state index in [4.69, 9.17) is 17.0 Å². The van der Waals surface area contributed by atoms with Crippen molar-refractivity contribution in [1.29, 1.82) is 0 Å². The minimum Gasteiger partial charge on any atom is -0.483 e. The molecule has 0 atom stereocenters. The Balaban J connectivity index is 1.66. The first-order valence-electron chi connectivity index (χ1n) is 9.18. The van der Waals surface area contributed by atoms with Gasteiger partial charge in [0.1, 0.15) is 5.75 Å².